The molecule has 0 amide bonds. The Labute approximate surface area is 133 Å². The standard InChI is InChI=1S/C15H20IN3O/c1-4-7-11-13(16)15(17-6-3)19-14(18-11)12-9-8-10(5-2)20-12/h8-9H,4-7H2,1-3H3,(H,17,18,19). The molecule has 0 unspecified atom stereocenters. The van der Waals surface area contributed by atoms with Crippen LogP contribution in [0.3, 0.4) is 0 Å². The first-order valence-corrected chi connectivity index (χ1v) is 8.16. The van der Waals surface area contributed by atoms with E-state index in [2.05, 4.69) is 58.6 Å². The molecule has 2 rings (SSSR count). The minimum atomic E-state index is 0.671. The molecule has 108 valence electrons. The largest absolute Gasteiger partial charge is 0.458 e. The van der Waals surface area contributed by atoms with Crippen molar-refractivity contribution < 1.29 is 4.42 Å². The molecule has 2 aromatic rings. The first-order chi connectivity index (χ1) is 9.69. The highest BCUT2D eigenvalue weighted by Gasteiger charge is 2.14. The third kappa shape index (κ3) is 3.31. The van der Waals surface area contributed by atoms with Crippen molar-refractivity contribution in [2.45, 2.75) is 40.0 Å². The predicted octanol–water partition coefficient (Wildman–Crippen LogP) is 4.29. The number of nitrogens with zero attached hydrogens (tertiary/aromatic N) is 2. The number of rotatable bonds is 6. The van der Waals surface area contributed by atoms with Crippen LogP contribution in [0.25, 0.3) is 11.6 Å². The van der Waals surface area contributed by atoms with Crippen molar-refractivity contribution in [3.8, 4) is 11.6 Å². The van der Waals surface area contributed by atoms with Gasteiger partial charge >= 0.3 is 0 Å². The van der Waals surface area contributed by atoms with Gasteiger partial charge in [-0.2, -0.15) is 0 Å². The maximum absolute atomic E-state index is 5.77. The molecule has 0 aromatic carbocycles. The summed E-state index contributed by atoms with van der Waals surface area (Å²) in [7, 11) is 0. The van der Waals surface area contributed by atoms with Crippen LogP contribution in [0.4, 0.5) is 5.82 Å². The van der Waals surface area contributed by atoms with Crippen LogP contribution in [0.2, 0.25) is 0 Å². The summed E-state index contributed by atoms with van der Waals surface area (Å²) in [5, 5.41) is 3.31. The zero-order chi connectivity index (χ0) is 14.5. The molecule has 0 radical (unpaired) electrons. The maximum Gasteiger partial charge on any atom is 0.197 e. The molecular formula is C15H20IN3O. The number of hydrogen-bond acceptors (Lipinski definition) is 4. The fraction of sp³-hybridized carbons (Fsp3) is 0.467. The topological polar surface area (TPSA) is 51.0 Å². The van der Waals surface area contributed by atoms with Crippen LogP contribution in [0.5, 0.6) is 0 Å². The Kier molecular flexibility index (Phi) is 5.39. The molecule has 0 saturated carbocycles. The van der Waals surface area contributed by atoms with Gasteiger partial charge in [0, 0.05) is 13.0 Å². The van der Waals surface area contributed by atoms with E-state index >= 15 is 0 Å². The molecule has 0 spiro atoms. The van der Waals surface area contributed by atoms with Gasteiger partial charge in [0.25, 0.3) is 0 Å². The smallest absolute Gasteiger partial charge is 0.197 e. The van der Waals surface area contributed by atoms with Gasteiger partial charge in [0.15, 0.2) is 11.6 Å². The molecule has 0 fully saturated rings. The first-order valence-electron chi connectivity index (χ1n) is 7.08. The summed E-state index contributed by atoms with van der Waals surface area (Å²) in [6.45, 7) is 7.15. The van der Waals surface area contributed by atoms with Gasteiger partial charge in [-0.15, -0.1) is 0 Å². The molecular weight excluding hydrogens is 365 g/mol. The van der Waals surface area contributed by atoms with Gasteiger partial charge in [0.05, 0.1) is 9.26 Å². The van der Waals surface area contributed by atoms with E-state index < -0.39 is 0 Å². The summed E-state index contributed by atoms with van der Waals surface area (Å²) < 4.78 is 6.88. The normalized spacial score (nSPS) is 10.8. The van der Waals surface area contributed by atoms with Gasteiger partial charge in [-0.25, -0.2) is 9.97 Å². The van der Waals surface area contributed by atoms with Crippen LogP contribution in [0.15, 0.2) is 16.5 Å². The second-order valence-corrected chi connectivity index (χ2v) is 5.64. The van der Waals surface area contributed by atoms with Gasteiger partial charge in [-0.05, 0) is 48.1 Å². The minimum absolute atomic E-state index is 0.671. The van der Waals surface area contributed by atoms with E-state index in [1.54, 1.807) is 0 Å². The third-order valence-corrected chi connectivity index (χ3v) is 4.11. The lowest BCUT2D eigenvalue weighted by atomic mass is 10.2. The summed E-state index contributed by atoms with van der Waals surface area (Å²) >= 11 is 2.32. The lowest BCUT2D eigenvalue weighted by Gasteiger charge is -2.10. The number of anilines is 1. The van der Waals surface area contributed by atoms with E-state index in [4.69, 9.17) is 4.42 Å². The third-order valence-electron chi connectivity index (χ3n) is 2.98. The molecule has 0 atom stereocenters. The maximum atomic E-state index is 5.77. The Hall–Kier alpha value is -1.11. The number of hydrogen-bond donors (Lipinski definition) is 1. The first kappa shape index (κ1) is 15.3. The molecule has 2 aromatic heterocycles. The van der Waals surface area contributed by atoms with Gasteiger partial charge in [-0.1, -0.05) is 20.3 Å². The highest BCUT2D eigenvalue weighted by atomic mass is 127. The highest BCUT2D eigenvalue weighted by Crippen LogP contribution is 2.26. The number of nitrogens with one attached hydrogen (secondary N) is 1. The van der Waals surface area contributed by atoms with Crippen LogP contribution in [-0.2, 0) is 12.8 Å². The Bertz CT molecular complexity index is 553. The Morgan fingerprint density at radius 2 is 2.00 bits per heavy atom. The van der Waals surface area contributed by atoms with Crippen molar-refractivity contribution in [2.24, 2.45) is 0 Å². The van der Waals surface area contributed by atoms with Crippen LogP contribution < -0.4 is 5.32 Å². The van der Waals surface area contributed by atoms with E-state index in [9.17, 15) is 0 Å². The second kappa shape index (κ2) is 7.06. The van der Waals surface area contributed by atoms with Gasteiger partial charge in [-0.3, -0.25) is 0 Å². The summed E-state index contributed by atoms with van der Waals surface area (Å²) in [6.07, 6.45) is 2.90. The molecule has 0 bridgehead atoms. The second-order valence-electron chi connectivity index (χ2n) is 4.56. The fourth-order valence-electron chi connectivity index (χ4n) is 1.98. The number of aryl methyl sites for hydroxylation is 2. The molecule has 4 nitrogen and oxygen atoms in total. The molecule has 1 N–H and O–H groups in total. The van der Waals surface area contributed by atoms with E-state index in [0.717, 1.165) is 52.4 Å². The molecule has 0 aliphatic heterocycles. The minimum Gasteiger partial charge on any atom is -0.458 e. The molecule has 2 heterocycles. The predicted molar refractivity (Wildman–Crippen MR) is 90.0 cm³/mol. The van der Waals surface area contributed by atoms with E-state index in [1.807, 2.05) is 12.1 Å². The quantitative estimate of drug-likeness (QED) is 0.754. The van der Waals surface area contributed by atoms with Crippen LogP contribution in [0.1, 0.15) is 38.6 Å². The Balaban J connectivity index is 2.46. The van der Waals surface area contributed by atoms with E-state index in [-0.39, 0.29) is 0 Å². The van der Waals surface area contributed by atoms with Crippen molar-refractivity contribution in [2.75, 3.05) is 11.9 Å². The van der Waals surface area contributed by atoms with Crippen LogP contribution >= 0.6 is 22.6 Å². The number of halogens is 1. The van der Waals surface area contributed by atoms with Gasteiger partial charge in [0.1, 0.15) is 11.6 Å². The van der Waals surface area contributed by atoms with Crippen LogP contribution in [0, 0.1) is 3.57 Å². The SMILES string of the molecule is CCCc1nc(-c2ccc(CC)o2)nc(NCC)c1I. The lowest BCUT2D eigenvalue weighted by molar-refractivity contribution is 0.525. The van der Waals surface area contributed by atoms with E-state index in [0.29, 0.717) is 5.82 Å². The summed E-state index contributed by atoms with van der Waals surface area (Å²) in [5.41, 5.74) is 1.09. The van der Waals surface area contributed by atoms with Crippen molar-refractivity contribution in [1.29, 1.82) is 0 Å². The van der Waals surface area contributed by atoms with Crippen LogP contribution in [-0.4, -0.2) is 16.5 Å². The summed E-state index contributed by atoms with van der Waals surface area (Å²) in [5.74, 6) is 3.28. The summed E-state index contributed by atoms with van der Waals surface area (Å²) in [4.78, 5) is 9.27. The van der Waals surface area contributed by atoms with Crippen molar-refractivity contribution in [3.05, 3.63) is 27.2 Å². The number of furan rings is 1. The zero-order valence-electron chi connectivity index (χ0n) is 12.2. The fourth-order valence-corrected chi connectivity index (χ4v) is 2.68. The van der Waals surface area contributed by atoms with Crippen molar-refractivity contribution in [3.63, 3.8) is 0 Å². The average molecular weight is 385 g/mol. The molecule has 20 heavy (non-hydrogen) atoms. The monoisotopic (exact) mass is 385 g/mol. The molecule has 0 saturated heterocycles. The molecule has 0 aliphatic rings. The Morgan fingerprint density at radius 1 is 1.20 bits per heavy atom. The molecule has 5 heteroatoms. The Morgan fingerprint density at radius 3 is 2.60 bits per heavy atom. The lowest BCUT2D eigenvalue weighted by Crippen LogP contribution is -2.07. The van der Waals surface area contributed by atoms with Gasteiger partial charge in [0.2, 0.25) is 0 Å². The van der Waals surface area contributed by atoms with Crippen molar-refractivity contribution >= 4 is 28.4 Å². The summed E-state index contributed by atoms with van der Waals surface area (Å²) in [6, 6.07) is 3.94. The van der Waals surface area contributed by atoms with E-state index in [1.165, 1.54) is 0 Å². The average Bonchev–Trinajstić information content (AvgIpc) is 2.92. The molecule has 0 aliphatic carbocycles. The van der Waals surface area contributed by atoms with Crippen molar-refractivity contribution in [1.82, 2.24) is 9.97 Å². The zero-order valence-corrected chi connectivity index (χ0v) is 14.3. The highest BCUT2D eigenvalue weighted by molar-refractivity contribution is 14.1. The van der Waals surface area contributed by atoms with Gasteiger partial charge < -0.3 is 9.73 Å². The number of aromatic nitrogens is 2.